The normalized spacial score (nSPS) is 16.5. The van der Waals surface area contributed by atoms with Crippen molar-refractivity contribution in [1.82, 2.24) is 4.90 Å². The second-order valence-electron chi connectivity index (χ2n) is 9.21. The van der Waals surface area contributed by atoms with Gasteiger partial charge in [0.1, 0.15) is 0 Å². The van der Waals surface area contributed by atoms with E-state index in [1.54, 1.807) is 0 Å². The smallest absolute Gasteiger partial charge is 0.303 e. The second-order valence-corrected chi connectivity index (χ2v) is 9.21. The third kappa shape index (κ3) is 6.19. The van der Waals surface area contributed by atoms with E-state index < -0.39 is 40.4 Å². The Morgan fingerprint density at radius 1 is 0.886 bits per heavy atom. The largest absolute Gasteiger partial charge is 0.416 e. The van der Waals surface area contributed by atoms with E-state index >= 15 is 0 Å². The first-order valence-electron chi connectivity index (χ1n) is 12.0. The van der Waals surface area contributed by atoms with Crippen LogP contribution in [0.15, 0.2) is 48.5 Å². The van der Waals surface area contributed by atoms with Crippen molar-refractivity contribution in [3.05, 3.63) is 70.8 Å². The maximum Gasteiger partial charge on any atom is 0.416 e. The van der Waals surface area contributed by atoms with Gasteiger partial charge in [0.05, 0.1) is 22.6 Å². The van der Waals surface area contributed by atoms with Gasteiger partial charge >= 0.3 is 12.4 Å². The molecule has 2 aromatic rings. The Morgan fingerprint density at radius 3 is 1.94 bits per heavy atom. The zero-order valence-corrected chi connectivity index (χ0v) is 19.7. The molecule has 35 heavy (non-hydrogen) atoms. The van der Waals surface area contributed by atoms with E-state index in [4.69, 9.17) is 0 Å². The van der Waals surface area contributed by atoms with Crippen molar-refractivity contribution in [1.29, 1.82) is 5.26 Å². The third-order valence-corrected chi connectivity index (χ3v) is 7.18. The quantitative estimate of drug-likeness (QED) is 0.316. The number of alkyl halides is 6. The molecule has 0 saturated heterocycles. The summed E-state index contributed by atoms with van der Waals surface area (Å²) in [6.07, 6.45) is -7.33. The average molecular weight is 497 g/mol. The second kappa shape index (κ2) is 11.0. The van der Waals surface area contributed by atoms with Gasteiger partial charge in [-0.1, -0.05) is 49.7 Å². The maximum absolute atomic E-state index is 14.0. The number of rotatable bonds is 10. The number of likely N-dealkylation sites (N-methyl/N-ethyl adjacent to an activating group) is 1. The number of hydrogen-bond acceptors (Lipinski definition) is 2. The number of hydrogen-bond donors (Lipinski definition) is 0. The predicted molar refractivity (Wildman–Crippen MR) is 123 cm³/mol. The van der Waals surface area contributed by atoms with Crippen LogP contribution in [0.25, 0.3) is 0 Å². The molecule has 1 aliphatic carbocycles. The van der Waals surface area contributed by atoms with Crippen LogP contribution in [0.2, 0.25) is 0 Å². The molecular formula is C27H30F6N2. The first-order valence-corrected chi connectivity index (χ1v) is 12.0. The fourth-order valence-electron chi connectivity index (χ4n) is 5.08. The predicted octanol–water partition coefficient (Wildman–Crippen LogP) is 7.63. The molecule has 3 rings (SSSR count). The minimum absolute atomic E-state index is 0.0494. The molecule has 2 nitrogen and oxygen atoms in total. The van der Waals surface area contributed by atoms with Crippen LogP contribution < -0.4 is 0 Å². The Hall–Kier alpha value is -2.53. The number of nitriles is 1. The van der Waals surface area contributed by atoms with Gasteiger partial charge in [0, 0.05) is 6.54 Å². The van der Waals surface area contributed by atoms with Gasteiger partial charge in [-0.15, -0.1) is 0 Å². The van der Waals surface area contributed by atoms with Crippen LogP contribution in [0.3, 0.4) is 0 Å². The summed E-state index contributed by atoms with van der Waals surface area (Å²) >= 11 is 0. The lowest BCUT2D eigenvalue weighted by molar-refractivity contribution is -0.145. The molecule has 0 heterocycles. The topological polar surface area (TPSA) is 27.0 Å². The SMILES string of the molecule is CCN(CCCC(C#N)(c1c(C(F)(F)F)cccc1C(F)(F)F)C1CCC1)CCc1ccccc1. The molecule has 1 aliphatic rings. The molecule has 2 aromatic carbocycles. The van der Waals surface area contributed by atoms with Crippen LogP contribution in [0.1, 0.15) is 61.3 Å². The van der Waals surface area contributed by atoms with Crippen molar-refractivity contribution in [3.63, 3.8) is 0 Å². The highest BCUT2D eigenvalue weighted by Crippen LogP contribution is 2.53. The monoisotopic (exact) mass is 496 g/mol. The highest BCUT2D eigenvalue weighted by atomic mass is 19.4. The standard InChI is InChI=1S/C27H30F6N2/c1-2-35(18-15-20-9-4-3-5-10-20)17-8-16-25(19-34,21-11-6-12-21)24-22(26(28,29)30)13-7-14-23(24)27(31,32)33/h3-5,7,9-10,13-14,21H,2,6,8,11-12,15-18H2,1H3. The Kier molecular flexibility index (Phi) is 8.53. The van der Waals surface area contributed by atoms with E-state index in [1.165, 1.54) is 0 Å². The summed E-state index contributed by atoms with van der Waals surface area (Å²) in [5.74, 6) is -0.531. The lowest BCUT2D eigenvalue weighted by Gasteiger charge is -2.43. The van der Waals surface area contributed by atoms with Gasteiger partial charge in [0.2, 0.25) is 0 Å². The zero-order chi connectivity index (χ0) is 25.7. The van der Waals surface area contributed by atoms with Gasteiger partial charge in [0.25, 0.3) is 0 Å². The summed E-state index contributed by atoms with van der Waals surface area (Å²) in [6, 6.07) is 14.0. The molecule has 0 spiro atoms. The van der Waals surface area contributed by atoms with Crippen molar-refractivity contribution in [3.8, 4) is 6.07 Å². The Morgan fingerprint density at radius 2 is 1.49 bits per heavy atom. The molecule has 1 saturated carbocycles. The Labute approximate surface area is 202 Å². The Balaban J connectivity index is 1.90. The molecule has 0 radical (unpaired) electrons. The average Bonchev–Trinajstić information content (AvgIpc) is 2.78. The van der Waals surface area contributed by atoms with Crippen LogP contribution in [0, 0.1) is 17.2 Å². The van der Waals surface area contributed by atoms with Gasteiger partial charge in [-0.3, -0.25) is 0 Å². The van der Waals surface area contributed by atoms with Gasteiger partial charge < -0.3 is 4.90 Å². The third-order valence-electron chi connectivity index (χ3n) is 7.18. The van der Waals surface area contributed by atoms with Gasteiger partial charge in [-0.05, 0) is 74.4 Å². The summed E-state index contributed by atoms with van der Waals surface area (Å²) in [4.78, 5) is 2.12. The molecule has 190 valence electrons. The molecule has 1 fully saturated rings. The fourth-order valence-corrected chi connectivity index (χ4v) is 5.08. The first kappa shape index (κ1) is 27.1. The van der Waals surface area contributed by atoms with E-state index in [9.17, 15) is 31.6 Å². The van der Waals surface area contributed by atoms with Crippen LogP contribution in [0.4, 0.5) is 26.3 Å². The van der Waals surface area contributed by atoms with Crippen molar-refractivity contribution in [2.75, 3.05) is 19.6 Å². The number of halogens is 6. The van der Waals surface area contributed by atoms with Gasteiger partial charge in [-0.2, -0.15) is 31.6 Å². The van der Waals surface area contributed by atoms with Gasteiger partial charge in [0.15, 0.2) is 0 Å². The van der Waals surface area contributed by atoms with E-state index in [0.717, 1.165) is 24.6 Å². The zero-order valence-electron chi connectivity index (χ0n) is 19.7. The summed E-state index contributed by atoms with van der Waals surface area (Å²) in [7, 11) is 0. The summed E-state index contributed by atoms with van der Waals surface area (Å²) in [6.45, 7) is 3.88. The molecule has 0 aromatic heterocycles. The number of nitrogens with zero attached hydrogens (tertiary/aromatic N) is 2. The summed E-state index contributed by atoms with van der Waals surface area (Å²) in [5.41, 5.74) is -4.27. The van der Waals surface area contributed by atoms with E-state index in [-0.39, 0.29) is 6.42 Å². The molecule has 8 heteroatoms. The molecule has 0 amide bonds. The van der Waals surface area contributed by atoms with Crippen LogP contribution >= 0.6 is 0 Å². The Bertz CT molecular complexity index is 973. The van der Waals surface area contributed by atoms with Crippen LogP contribution in [-0.4, -0.2) is 24.5 Å². The first-order chi connectivity index (χ1) is 16.5. The summed E-state index contributed by atoms with van der Waals surface area (Å²) in [5, 5.41) is 10.2. The minimum atomic E-state index is -4.99. The maximum atomic E-state index is 14.0. The van der Waals surface area contributed by atoms with E-state index in [0.29, 0.717) is 50.9 Å². The minimum Gasteiger partial charge on any atom is -0.303 e. The van der Waals surface area contributed by atoms with E-state index in [2.05, 4.69) is 4.90 Å². The van der Waals surface area contributed by atoms with Crippen molar-refractivity contribution < 1.29 is 26.3 Å². The lowest BCUT2D eigenvalue weighted by Crippen LogP contribution is -2.42. The van der Waals surface area contributed by atoms with Crippen molar-refractivity contribution >= 4 is 0 Å². The van der Waals surface area contributed by atoms with Crippen LogP contribution in [0.5, 0.6) is 0 Å². The highest BCUT2D eigenvalue weighted by molar-refractivity contribution is 5.49. The fraction of sp³-hybridized carbons (Fsp3) is 0.519. The molecular weight excluding hydrogens is 466 g/mol. The lowest BCUT2D eigenvalue weighted by atomic mass is 9.59. The summed E-state index contributed by atoms with van der Waals surface area (Å²) < 4.78 is 83.7. The van der Waals surface area contributed by atoms with E-state index in [1.807, 2.05) is 43.3 Å². The molecule has 1 atom stereocenters. The molecule has 1 unspecified atom stereocenters. The number of benzene rings is 2. The van der Waals surface area contributed by atoms with Crippen molar-refractivity contribution in [2.24, 2.45) is 5.92 Å². The molecule has 0 N–H and O–H groups in total. The van der Waals surface area contributed by atoms with Crippen molar-refractivity contribution in [2.45, 2.75) is 63.2 Å². The highest BCUT2D eigenvalue weighted by Gasteiger charge is 2.52. The van der Waals surface area contributed by atoms with Crippen LogP contribution in [-0.2, 0) is 24.2 Å². The van der Waals surface area contributed by atoms with Gasteiger partial charge in [-0.25, -0.2) is 0 Å². The molecule has 0 bridgehead atoms. The molecule has 0 aliphatic heterocycles.